The predicted octanol–water partition coefficient (Wildman–Crippen LogP) is 3.21. The van der Waals surface area contributed by atoms with Crippen LogP contribution in [0.25, 0.3) is 0 Å². The van der Waals surface area contributed by atoms with Crippen molar-refractivity contribution in [1.82, 2.24) is 20.3 Å². The highest BCUT2D eigenvalue weighted by Crippen LogP contribution is 2.38. The normalized spacial score (nSPS) is 17.6. The number of hydrogen-bond donors (Lipinski definition) is 1. The lowest BCUT2D eigenvalue weighted by molar-refractivity contribution is 0.0941. The first kappa shape index (κ1) is 17.2. The number of fused-ring (bicyclic) bond motifs is 1. The molecule has 0 bridgehead atoms. The van der Waals surface area contributed by atoms with E-state index in [0.717, 1.165) is 35.1 Å². The molecule has 3 rings (SSSR count). The molecular weight excluding hydrogens is 372 g/mol. The number of amides is 1. The molecule has 1 atom stereocenters. The van der Waals surface area contributed by atoms with Crippen LogP contribution in [0.4, 0.5) is 0 Å². The van der Waals surface area contributed by atoms with Gasteiger partial charge in [0.1, 0.15) is 5.76 Å². The predicted molar refractivity (Wildman–Crippen MR) is 93.7 cm³/mol. The molecule has 24 heavy (non-hydrogen) atoms. The van der Waals surface area contributed by atoms with E-state index in [1.165, 1.54) is 0 Å². The van der Waals surface area contributed by atoms with Crippen LogP contribution >= 0.6 is 15.9 Å². The summed E-state index contributed by atoms with van der Waals surface area (Å²) in [5.41, 5.74) is 1.65. The first-order valence-electron chi connectivity index (χ1n) is 8.28. The minimum Gasteiger partial charge on any atom is -0.360 e. The van der Waals surface area contributed by atoms with Gasteiger partial charge in [0.2, 0.25) is 0 Å². The zero-order chi connectivity index (χ0) is 17.3. The monoisotopic (exact) mass is 394 g/mol. The fraction of sp³-hybridized carbons (Fsp3) is 0.588. The van der Waals surface area contributed by atoms with Gasteiger partial charge in [0.15, 0.2) is 5.69 Å². The van der Waals surface area contributed by atoms with Crippen molar-refractivity contribution in [1.29, 1.82) is 0 Å². The number of hydrogen-bond acceptors (Lipinski definition) is 4. The number of carbonyl (C=O) groups excluding carboxylic acids is 1. The van der Waals surface area contributed by atoms with Crippen molar-refractivity contribution in [2.24, 2.45) is 11.3 Å². The Morgan fingerprint density at radius 3 is 2.96 bits per heavy atom. The van der Waals surface area contributed by atoms with Crippen LogP contribution in [0.2, 0.25) is 0 Å². The molecule has 1 aliphatic carbocycles. The van der Waals surface area contributed by atoms with Crippen molar-refractivity contribution in [3.05, 3.63) is 33.9 Å². The summed E-state index contributed by atoms with van der Waals surface area (Å²) in [6.45, 7) is 7.85. The molecule has 0 saturated carbocycles. The molecule has 2 heterocycles. The summed E-state index contributed by atoms with van der Waals surface area (Å²) in [4.78, 5) is 12.5. The molecule has 2 aromatic rings. The first-order valence-corrected chi connectivity index (χ1v) is 9.07. The van der Waals surface area contributed by atoms with E-state index in [-0.39, 0.29) is 11.3 Å². The van der Waals surface area contributed by atoms with E-state index in [1.54, 1.807) is 10.9 Å². The van der Waals surface area contributed by atoms with Crippen LogP contribution in [0, 0.1) is 11.3 Å². The Bertz CT molecular complexity index is 729. The van der Waals surface area contributed by atoms with Crippen molar-refractivity contribution >= 4 is 21.8 Å². The number of nitrogens with one attached hydrogen (secondary N) is 1. The number of rotatable bonds is 4. The second-order valence-electron chi connectivity index (χ2n) is 7.42. The van der Waals surface area contributed by atoms with Gasteiger partial charge in [-0.2, -0.15) is 5.10 Å². The van der Waals surface area contributed by atoms with E-state index in [0.29, 0.717) is 24.7 Å². The Balaban J connectivity index is 1.63. The summed E-state index contributed by atoms with van der Waals surface area (Å²) in [5.74, 6) is 1.25. The summed E-state index contributed by atoms with van der Waals surface area (Å²) in [6.07, 6.45) is 6.40. The summed E-state index contributed by atoms with van der Waals surface area (Å²) < 4.78 is 8.10. The van der Waals surface area contributed by atoms with E-state index in [9.17, 15) is 4.79 Å². The molecule has 1 N–H and O–H groups in total. The van der Waals surface area contributed by atoms with E-state index in [2.05, 4.69) is 52.3 Å². The van der Waals surface area contributed by atoms with Crippen molar-refractivity contribution < 1.29 is 9.32 Å². The SMILES string of the molecule is CC(C)(C)[C@@H]1CCc2onc(C(=O)NCCn3cc(Br)cn3)c2C1. The van der Waals surface area contributed by atoms with E-state index >= 15 is 0 Å². The Labute approximate surface area is 150 Å². The summed E-state index contributed by atoms with van der Waals surface area (Å²) in [7, 11) is 0. The van der Waals surface area contributed by atoms with E-state index in [4.69, 9.17) is 4.52 Å². The minimum absolute atomic E-state index is 0.166. The van der Waals surface area contributed by atoms with Gasteiger partial charge in [-0.3, -0.25) is 9.48 Å². The molecule has 0 radical (unpaired) electrons. The Kier molecular flexibility index (Phi) is 4.80. The first-order chi connectivity index (χ1) is 11.3. The number of aryl methyl sites for hydroxylation is 1. The maximum atomic E-state index is 12.5. The maximum absolute atomic E-state index is 12.5. The highest BCUT2D eigenvalue weighted by atomic mass is 79.9. The van der Waals surface area contributed by atoms with Crippen molar-refractivity contribution in [2.75, 3.05) is 6.54 Å². The number of halogens is 1. The fourth-order valence-electron chi connectivity index (χ4n) is 3.15. The van der Waals surface area contributed by atoms with E-state index < -0.39 is 0 Å². The molecule has 2 aromatic heterocycles. The van der Waals surface area contributed by atoms with Gasteiger partial charge >= 0.3 is 0 Å². The Morgan fingerprint density at radius 1 is 1.50 bits per heavy atom. The van der Waals surface area contributed by atoms with Crippen LogP contribution in [0.15, 0.2) is 21.4 Å². The molecule has 0 unspecified atom stereocenters. The van der Waals surface area contributed by atoms with Crippen molar-refractivity contribution in [2.45, 2.75) is 46.6 Å². The highest BCUT2D eigenvalue weighted by Gasteiger charge is 2.34. The van der Waals surface area contributed by atoms with Gasteiger partial charge in [0, 0.05) is 24.7 Å². The zero-order valence-electron chi connectivity index (χ0n) is 14.3. The lowest BCUT2D eigenvalue weighted by Gasteiger charge is -2.33. The van der Waals surface area contributed by atoms with Crippen LogP contribution < -0.4 is 5.32 Å². The smallest absolute Gasteiger partial charge is 0.273 e. The van der Waals surface area contributed by atoms with Crippen LogP contribution in [0.3, 0.4) is 0 Å². The van der Waals surface area contributed by atoms with Crippen LogP contribution in [-0.2, 0) is 19.4 Å². The molecule has 130 valence electrons. The van der Waals surface area contributed by atoms with Gasteiger partial charge in [-0.1, -0.05) is 25.9 Å². The van der Waals surface area contributed by atoms with Crippen LogP contribution in [-0.4, -0.2) is 27.4 Å². The number of aromatic nitrogens is 3. The molecule has 0 aliphatic heterocycles. The van der Waals surface area contributed by atoms with Crippen molar-refractivity contribution in [3.63, 3.8) is 0 Å². The maximum Gasteiger partial charge on any atom is 0.273 e. The third kappa shape index (κ3) is 3.71. The lowest BCUT2D eigenvalue weighted by atomic mass is 9.71. The molecule has 0 aromatic carbocycles. The average molecular weight is 395 g/mol. The second kappa shape index (κ2) is 6.70. The lowest BCUT2D eigenvalue weighted by Crippen LogP contribution is -2.31. The minimum atomic E-state index is -0.166. The second-order valence-corrected chi connectivity index (χ2v) is 8.33. The molecule has 0 fully saturated rings. The van der Waals surface area contributed by atoms with E-state index in [1.807, 2.05) is 6.20 Å². The van der Waals surface area contributed by atoms with Gasteiger partial charge in [-0.05, 0) is 40.1 Å². The molecular formula is C17H23BrN4O2. The topological polar surface area (TPSA) is 73.0 Å². The Morgan fingerprint density at radius 2 is 2.29 bits per heavy atom. The molecule has 0 spiro atoms. The summed E-state index contributed by atoms with van der Waals surface area (Å²) >= 11 is 3.35. The van der Waals surface area contributed by atoms with Gasteiger partial charge in [-0.25, -0.2) is 0 Å². The molecule has 6 nitrogen and oxygen atoms in total. The van der Waals surface area contributed by atoms with Crippen LogP contribution in [0.1, 0.15) is 49.0 Å². The van der Waals surface area contributed by atoms with Gasteiger partial charge in [0.25, 0.3) is 5.91 Å². The summed E-state index contributed by atoms with van der Waals surface area (Å²) in [6, 6.07) is 0. The third-order valence-corrected chi connectivity index (χ3v) is 5.12. The Hall–Kier alpha value is -1.63. The number of carbonyl (C=O) groups is 1. The third-order valence-electron chi connectivity index (χ3n) is 4.71. The molecule has 7 heteroatoms. The van der Waals surface area contributed by atoms with Gasteiger partial charge < -0.3 is 9.84 Å². The summed E-state index contributed by atoms with van der Waals surface area (Å²) in [5, 5.41) is 11.1. The average Bonchev–Trinajstić information content (AvgIpc) is 3.11. The molecule has 0 saturated heterocycles. The zero-order valence-corrected chi connectivity index (χ0v) is 15.9. The van der Waals surface area contributed by atoms with Crippen LogP contribution in [0.5, 0.6) is 0 Å². The standard InChI is InChI=1S/C17H23BrN4O2/c1-17(2,3)11-4-5-14-13(8-11)15(21-24-14)16(23)19-6-7-22-10-12(18)9-20-22/h9-11H,4-8H2,1-3H3,(H,19,23)/t11-/m1/s1. The quantitative estimate of drug-likeness (QED) is 0.863. The largest absolute Gasteiger partial charge is 0.360 e. The van der Waals surface area contributed by atoms with Gasteiger partial charge in [-0.15, -0.1) is 0 Å². The highest BCUT2D eigenvalue weighted by molar-refractivity contribution is 9.10. The number of nitrogens with zero attached hydrogens (tertiary/aromatic N) is 3. The molecule has 1 amide bonds. The molecule has 1 aliphatic rings. The van der Waals surface area contributed by atoms with Crippen molar-refractivity contribution in [3.8, 4) is 0 Å². The van der Waals surface area contributed by atoms with Gasteiger partial charge in [0.05, 0.1) is 17.2 Å². The fourth-order valence-corrected chi connectivity index (χ4v) is 3.48.